The molecule has 4 rings (SSSR count). The number of carbonyl (C=O) groups excluding carboxylic acids is 1. The molecule has 3 aromatic carbocycles. The monoisotopic (exact) mass is 476 g/mol. The van der Waals surface area contributed by atoms with Gasteiger partial charge in [0.25, 0.3) is 15.9 Å². The van der Waals surface area contributed by atoms with Crippen molar-refractivity contribution in [2.45, 2.75) is 17.9 Å². The first kappa shape index (κ1) is 21.5. The summed E-state index contributed by atoms with van der Waals surface area (Å²) in [5.41, 5.74) is 1.71. The first-order chi connectivity index (χ1) is 14.8. The molecule has 1 amide bonds. The second kappa shape index (κ2) is 8.42. The highest BCUT2D eigenvalue weighted by atomic mass is 35.5. The molecule has 1 atom stereocenters. The summed E-state index contributed by atoms with van der Waals surface area (Å²) < 4.78 is 33.8. The molecule has 0 aliphatic carbocycles. The molecule has 3 aromatic rings. The number of halogens is 2. The fourth-order valence-electron chi connectivity index (χ4n) is 3.24. The van der Waals surface area contributed by atoms with E-state index in [-0.39, 0.29) is 11.4 Å². The van der Waals surface area contributed by atoms with Gasteiger partial charge in [-0.3, -0.25) is 9.10 Å². The Hall–Kier alpha value is -2.74. The Balaban J connectivity index is 1.68. The summed E-state index contributed by atoms with van der Waals surface area (Å²) in [6.45, 7) is 1.65. The van der Waals surface area contributed by atoms with Crippen LogP contribution in [0, 0.1) is 6.92 Å². The maximum atomic E-state index is 13.4. The molecule has 1 unspecified atom stereocenters. The lowest BCUT2D eigenvalue weighted by Gasteiger charge is -2.34. The van der Waals surface area contributed by atoms with Crippen molar-refractivity contribution >= 4 is 50.5 Å². The molecule has 0 saturated heterocycles. The molecule has 160 valence electrons. The molecule has 0 radical (unpaired) electrons. The van der Waals surface area contributed by atoms with E-state index in [2.05, 4.69) is 5.32 Å². The standard InChI is InChI=1S/C22H18Cl2N2O4S/c1-14-6-7-16(24)12-18(14)25-22(27)21-13-26(19-4-2-3-5-20(19)30-21)31(28,29)17-10-8-15(23)9-11-17/h2-12,21H,13H2,1H3,(H,25,27). The van der Waals surface area contributed by atoms with Crippen molar-refractivity contribution in [1.29, 1.82) is 0 Å². The van der Waals surface area contributed by atoms with Crippen LogP contribution in [0.25, 0.3) is 0 Å². The van der Waals surface area contributed by atoms with Crippen LogP contribution >= 0.6 is 23.2 Å². The van der Waals surface area contributed by atoms with E-state index in [4.69, 9.17) is 27.9 Å². The molecule has 31 heavy (non-hydrogen) atoms. The van der Waals surface area contributed by atoms with Crippen LogP contribution in [0.2, 0.25) is 10.0 Å². The van der Waals surface area contributed by atoms with Crippen LogP contribution in [0.15, 0.2) is 71.6 Å². The fraction of sp³-hybridized carbons (Fsp3) is 0.136. The number of aryl methyl sites for hydroxylation is 1. The Morgan fingerprint density at radius 3 is 2.45 bits per heavy atom. The molecule has 0 bridgehead atoms. The van der Waals surface area contributed by atoms with Crippen molar-refractivity contribution in [3.05, 3.63) is 82.3 Å². The summed E-state index contributed by atoms with van der Waals surface area (Å²) in [4.78, 5) is 13.0. The fourth-order valence-corrected chi connectivity index (χ4v) is 5.02. The molecule has 1 aliphatic rings. The third-order valence-electron chi connectivity index (χ3n) is 4.89. The number of carbonyl (C=O) groups is 1. The summed E-state index contributed by atoms with van der Waals surface area (Å²) >= 11 is 11.9. The number of fused-ring (bicyclic) bond motifs is 1. The molecule has 1 aliphatic heterocycles. The highest BCUT2D eigenvalue weighted by Crippen LogP contribution is 2.37. The predicted molar refractivity (Wildman–Crippen MR) is 122 cm³/mol. The van der Waals surface area contributed by atoms with Gasteiger partial charge in [-0.25, -0.2) is 8.42 Å². The lowest BCUT2D eigenvalue weighted by Crippen LogP contribution is -2.48. The van der Waals surface area contributed by atoms with E-state index < -0.39 is 22.0 Å². The van der Waals surface area contributed by atoms with E-state index in [1.807, 2.05) is 6.92 Å². The molecule has 0 spiro atoms. The van der Waals surface area contributed by atoms with E-state index in [0.717, 1.165) is 5.56 Å². The van der Waals surface area contributed by atoms with E-state index in [1.54, 1.807) is 42.5 Å². The lowest BCUT2D eigenvalue weighted by atomic mass is 10.1. The first-order valence-electron chi connectivity index (χ1n) is 9.37. The third-order valence-corrected chi connectivity index (χ3v) is 7.17. The van der Waals surface area contributed by atoms with E-state index >= 15 is 0 Å². The van der Waals surface area contributed by atoms with E-state index in [9.17, 15) is 13.2 Å². The van der Waals surface area contributed by atoms with Crippen molar-refractivity contribution in [1.82, 2.24) is 0 Å². The van der Waals surface area contributed by atoms with Gasteiger partial charge in [-0.05, 0) is 61.0 Å². The van der Waals surface area contributed by atoms with Crippen molar-refractivity contribution in [3.8, 4) is 5.75 Å². The number of nitrogens with zero attached hydrogens (tertiary/aromatic N) is 1. The Morgan fingerprint density at radius 2 is 1.71 bits per heavy atom. The van der Waals surface area contributed by atoms with Crippen LogP contribution in [0.3, 0.4) is 0 Å². The average Bonchev–Trinajstić information content (AvgIpc) is 2.75. The van der Waals surface area contributed by atoms with Crippen molar-refractivity contribution in [2.24, 2.45) is 0 Å². The zero-order valence-electron chi connectivity index (χ0n) is 16.4. The number of rotatable bonds is 4. The molecular formula is C22H18Cl2N2O4S. The molecule has 0 aromatic heterocycles. The molecular weight excluding hydrogens is 459 g/mol. The van der Waals surface area contributed by atoms with Gasteiger partial charge in [0.1, 0.15) is 5.75 Å². The maximum absolute atomic E-state index is 13.4. The second-order valence-electron chi connectivity index (χ2n) is 7.01. The normalized spacial score (nSPS) is 15.7. The molecule has 1 heterocycles. The zero-order valence-corrected chi connectivity index (χ0v) is 18.7. The van der Waals surface area contributed by atoms with Crippen LogP contribution < -0.4 is 14.4 Å². The maximum Gasteiger partial charge on any atom is 0.267 e. The minimum absolute atomic E-state index is 0.0680. The number of para-hydroxylation sites is 2. The number of anilines is 2. The highest BCUT2D eigenvalue weighted by molar-refractivity contribution is 7.92. The molecule has 9 heteroatoms. The lowest BCUT2D eigenvalue weighted by molar-refractivity contribution is -0.122. The smallest absolute Gasteiger partial charge is 0.267 e. The van der Waals surface area contributed by atoms with Gasteiger partial charge in [-0.1, -0.05) is 41.4 Å². The first-order valence-corrected chi connectivity index (χ1v) is 11.6. The van der Waals surface area contributed by atoms with Crippen molar-refractivity contribution < 1.29 is 17.9 Å². The van der Waals surface area contributed by atoms with Gasteiger partial charge in [-0.15, -0.1) is 0 Å². The highest BCUT2D eigenvalue weighted by Gasteiger charge is 2.37. The van der Waals surface area contributed by atoms with Gasteiger partial charge in [0.05, 0.1) is 17.1 Å². The van der Waals surface area contributed by atoms with Crippen LogP contribution in [-0.4, -0.2) is 27.0 Å². The summed E-state index contributed by atoms with van der Waals surface area (Å²) in [5, 5.41) is 3.68. The van der Waals surface area contributed by atoms with Gasteiger partial charge in [0, 0.05) is 15.7 Å². The van der Waals surface area contributed by atoms with Crippen molar-refractivity contribution in [2.75, 3.05) is 16.2 Å². The van der Waals surface area contributed by atoms with Gasteiger partial charge < -0.3 is 10.1 Å². The third kappa shape index (κ3) is 4.35. The number of ether oxygens (including phenoxy) is 1. The Morgan fingerprint density at radius 1 is 1.03 bits per heavy atom. The SMILES string of the molecule is Cc1ccc(Cl)cc1NC(=O)C1CN(S(=O)(=O)c2ccc(Cl)cc2)c2ccccc2O1. The number of sulfonamides is 1. The zero-order chi connectivity index (χ0) is 22.2. The minimum atomic E-state index is -3.95. The number of hydrogen-bond donors (Lipinski definition) is 1. The predicted octanol–water partition coefficient (Wildman–Crippen LogP) is 4.90. The van der Waals surface area contributed by atoms with Crippen molar-refractivity contribution in [3.63, 3.8) is 0 Å². The Kier molecular flexibility index (Phi) is 5.83. The van der Waals surface area contributed by atoms with Crippen LogP contribution in [-0.2, 0) is 14.8 Å². The summed E-state index contributed by atoms with van der Waals surface area (Å²) in [6, 6.07) is 17.7. The number of benzene rings is 3. The molecule has 0 fully saturated rings. The number of amides is 1. The van der Waals surface area contributed by atoms with Crippen LogP contribution in [0.1, 0.15) is 5.56 Å². The van der Waals surface area contributed by atoms with Gasteiger partial charge in [-0.2, -0.15) is 0 Å². The second-order valence-corrected chi connectivity index (χ2v) is 9.75. The number of nitrogens with one attached hydrogen (secondary N) is 1. The Bertz CT molecular complexity index is 1250. The quantitative estimate of drug-likeness (QED) is 0.580. The topological polar surface area (TPSA) is 75.7 Å². The Labute approximate surface area is 190 Å². The largest absolute Gasteiger partial charge is 0.476 e. The number of hydrogen-bond acceptors (Lipinski definition) is 4. The van der Waals surface area contributed by atoms with Gasteiger partial charge >= 0.3 is 0 Å². The molecule has 6 nitrogen and oxygen atoms in total. The average molecular weight is 477 g/mol. The molecule has 1 N–H and O–H groups in total. The summed E-state index contributed by atoms with van der Waals surface area (Å²) in [7, 11) is -3.95. The van der Waals surface area contributed by atoms with Gasteiger partial charge in [0.2, 0.25) is 0 Å². The summed E-state index contributed by atoms with van der Waals surface area (Å²) in [6.07, 6.45) is -1.06. The van der Waals surface area contributed by atoms with Gasteiger partial charge in [0.15, 0.2) is 6.10 Å². The van der Waals surface area contributed by atoms with E-state index in [0.29, 0.717) is 27.2 Å². The van der Waals surface area contributed by atoms with Crippen LogP contribution in [0.4, 0.5) is 11.4 Å². The van der Waals surface area contributed by atoms with E-state index in [1.165, 1.54) is 28.6 Å². The summed E-state index contributed by atoms with van der Waals surface area (Å²) in [5.74, 6) is -0.176. The molecule has 0 saturated carbocycles. The minimum Gasteiger partial charge on any atom is -0.476 e. The van der Waals surface area contributed by atoms with Crippen LogP contribution in [0.5, 0.6) is 5.75 Å².